The number of hydrogen-bond acceptors (Lipinski definition) is 0. The highest BCUT2D eigenvalue weighted by atomic mass is 35.5. The van der Waals surface area contributed by atoms with E-state index in [1.54, 1.807) is 0 Å². The molecule has 0 heterocycles. The molecule has 1 heteroatoms. The average molecular weight is 118 g/mol. The molecular formula is C6H10Cl. The van der Waals surface area contributed by atoms with Crippen LogP contribution in [0.5, 0.6) is 0 Å². The maximum atomic E-state index is 5.81. The molecule has 1 rings (SSSR count). The fourth-order valence-electron chi connectivity index (χ4n) is 0.910. The summed E-state index contributed by atoms with van der Waals surface area (Å²) < 4.78 is 0. The minimum Gasteiger partial charge on any atom is -0.122 e. The van der Waals surface area contributed by atoms with E-state index in [0.29, 0.717) is 5.38 Å². The summed E-state index contributed by atoms with van der Waals surface area (Å²) in [5.41, 5.74) is 0. The molecule has 0 aromatic heterocycles. The first-order valence-corrected chi connectivity index (χ1v) is 3.22. The summed E-state index contributed by atoms with van der Waals surface area (Å²) in [5, 5.41) is 0.361. The zero-order valence-corrected chi connectivity index (χ0v) is 5.28. The highest BCUT2D eigenvalue weighted by Crippen LogP contribution is 2.27. The van der Waals surface area contributed by atoms with Gasteiger partial charge in [0.15, 0.2) is 0 Å². The zero-order chi connectivity index (χ0) is 5.28. The predicted octanol–water partition coefficient (Wildman–Crippen LogP) is 2.23. The highest BCUT2D eigenvalue weighted by molar-refractivity contribution is 6.21. The number of hydrogen-bond donors (Lipinski definition) is 0. The highest BCUT2D eigenvalue weighted by Gasteiger charge is 2.20. The van der Waals surface area contributed by atoms with Crippen molar-refractivity contribution < 1.29 is 0 Å². The van der Waals surface area contributed by atoms with E-state index in [2.05, 4.69) is 13.3 Å². The van der Waals surface area contributed by atoms with Gasteiger partial charge in [-0.1, -0.05) is 6.92 Å². The Morgan fingerprint density at radius 1 is 1.71 bits per heavy atom. The Labute approximate surface area is 49.9 Å². The van der Waals surface area contributed by atoms with Gasteiger partial charge in [-0.15, -0.1) is 11.6 Å². The molecule has 2 atom stereocenters. The molecule has 1 aliphatic carbocycles. The fraction of sp³-hybridized carbons (Fsp3) is 0.833. The normalized spacial score (nSPS) is 42.0. The van der Waals surface area contributed by atoms with Gasteiger partial charge in [-0.25, -0.2) is 0 Å². The van der Waals surface area contributed by atoms with Gasteiger partial charge in [0.25, 0.3) is 0 Å². The second-order valence-electron chi connectivity index (χ2n) is 2.23. The van der Waals surface area contributed by atoms with E-state index in [1.165, 1.54) is 12.8 Å². The van der Waals surface area contributed by atoms with Gasteiger partial charge >= 0.3 is 0 Å². The van der Waals surface area contributed by atoms with Gasteiger partial charge in [0, 0.05) is 5.38 Å². The van der Waals surface area contributed by atoms with Gasteiger partial charge in [-0.2, -0.15) is 0 Å². The molecule has 1 aliphatic rings. The summed E-state index contributed by atoms with van der Waals surface area (Å²) in [7, 11) is 0. The Morgan fingerprint density at radius 3 is 2.57 bits per heavy atom. The van der Waals surface area contributed by atoms with E-state index in [4.69, 9.17) is 11.6 Å². The Kier molecular flexibility index (Phi) is 1.58. The van der Waals surface area contributed by atoms with Crippen molar-refractivity contribution in [2.75, 3.05) is 0 Å². The Hall–Kier alpha value is 0.290. The first-order valence-electron chi connectivity index (χ1n) is 2.78. The van der Waals surface area contributed by atoms with Gasteiger partial charge in [0.1, 0.15) is 0 Å². The Bertz CT molecular complexity index is 53.2. The molecule has 0 aliphatic heterocycles. The van der Waals surface area contributed by atoms with Crippen LogP contribution in [0.1, 0.15) is 19.8 Å². The van der Waals surface area contributed by atoms with Crippen molar-refractivity contribution in [2.45, 2.75) is 25.1 Å². The third-order valence-corrected chi connectivity index (χ3v) is 2.17. The van der Waals surface area contributed by atoms with Crippen molar-refractivity contribution in [3.05, 3.63) is 6.42 Å². The molecule has 0 amide bonds. The van der Waals surface area contributed by atoms with E-state index < -0.39 is 0 Å². The lowest BCUT2D eigenvalue weighted by Crippen LogP contribution is -2.00. The molecule has 41 valence electrons. The molecule has 0 aromatic rings. The number of alkyl halides is 1. The second kappa shape index (κ2) is 2.04. The van der Waals surface area contributed by atoms with Crippen molar-refractivity contribution in [1.82, 2.24) is 0 Å². The summed E-state index contributed by atoms with van der Waals surface area (Å²) in [6, 6.07) is 0. The van der Waals surface area contributed by atoms with E-state index in [-0.39, 0.29) is 0 Å². The van der Waals surface area contributed by atoms with Crippen LogP contribution in [0.4, 0.5) is 0 Å². The Balaban J connectivity index is 2.33. The smallest absolute Gasteiger partial charge is 0.0393 e. The third kappa shape index (κ3) is 1.09. The zero-order valence-electron chi connectivity index (χ0n) is 4.52. The summed E-state index contributed by atoms with van der Waals surface area (Å²) in [5.74, 6) is 0.724. The van der Waals surface area contributed by atoms with Crippen molar-refractivity contribution >= 4 is 11.6 Å². The average Bonchev–Trinajstić information content (AvgIpc) is 1.91. The van der Waals surface area contributed by atoms with Crippen molar-refractivity contribution in [3.8, 4) is 0 Å². The fourth-order valence-corrected chi connectivity index (χ4v) is 1.16. The van der Waals surface area contributed by atoms with Crippen molar-refractivity contribution in [1.29, 1.82) is 0 Å². The van der Waals surface area contributed by atoms with Gasteiger partial charge in [-0.05, 0) is 25.2 Å². The van der Waals surface area contributed by atoms with Gasteiger partial charge in [0.2, 0.25) is 0 Å². The summed E-state index contributed by atoms with van der Waals surface area (Å²) in [4.78, 5) is 0. The van der Waals surface area contributed by atoms with Crippen LogP contribution in [0.15, 0.2) is 0 Å². The van der Waals surface area contributed by atoms with Crippen LogP contribution >= 0.6 is 11.6 Å². The molecule has 0 saturated heterocycles. The molecule has 0 N–H and O–H groups in total. The SMILES string of the molecule is CC1CC[CH]C1Cl. The first-order chi connectivity index (χ1) is 3.30. The molecule has 0 aromatic carbocycles. The summed E-state index contributed by atoms with van der Waals surface area (Å²) in [6.07, 6.45) is 4.69. The van der Waals surface area contributed by atoms with Crippen LogP contribution in [0.2, 0.25) is 0 Å². The monoisotopic (exact) mass is 117 g/mol. The predicted molar refractivity (Wildman–Crippen MR) is 32.3 cm³/mol. The van der Waals surface area contributed by atoms with E-state index in [1.807, 2.05) is 0 Å². The topological polar surface area (TPSA) is 0 Å². The van der Waals surface area contributed by atoms with Crippen LogP contribution in [-0.2, 0) is 0 Å². The summed E-state index contributed by atoms with van der Waals surface area (Å²) in [6.45, 7) is 2.20. The lowest BCUT2D eigenvalue weighted by Gasteiger charge is -2.02. The number of rotatable bonds is 0. The van der Waals surface area contributed by atoms with Crippen LogP contribution in [-0.4, -0.2) is 5.38 Å². The minimum absolute atomic E-state index is 0.361. The Morgan fingerprint density at radius 2 is 2.43 bits per heavy atom. The van der Waals surface area contributed by atoms with Gasteiger partial charge in [0.05, 0.1) is 0 Å². The maximum absolute atomic E-state index is 5.81. The molecule has 1 saturated carbocycles. The molecule has 7 heavy (non-hydrogen) atoms. The van der Waals surface area contributed by atoms with E-state index >= 15 is 0 Å². The molecular weight excluding hydrogens is 108 g/mol. The lowest BCUT2D eigenvalue weighted by atomic mass is 10.1. The van der Waals surface area contributed by atoms with Crippen LogP contribution in [0.25, 0.3) is 0 Å². The first kappa shape index (κ1) is 5.43. The van der Waals surface area contributed by atoms with E-state index in [9.17, 15) is 0 Å². The largest absolute Gasteiger partial charge is 0.122 e. The standard InChI is InChI=1S/C6H10Cl/c1-5-3-2-4-6(5)7/h4-6H,2-3H2,1H3. The minimum atomic E-state index is 0.361. The van der Waals surface area contributed by atoms with Gasteiger partial charge in [-0.3, -0.25) is 0 Å². The van der Waals surface area contributed by atoms with Crippen LogP contribution in [0.3, 0.4) is 0 Å². The van der Waals surface area contributed by atoms with E-state index in [0.717, 1.165) is 5.92 Å². The molecule has 0 nitrogen and oxygen atoms in total. The molecule has 2 unspecified atom stereocenters. The molecule has 1 fully saturated rings. The van der Waals surface area contributed by atoms with Crippen LogP contribution < -0.4 is 0 Å². The molecule has 0 bridgehead atoms. The lowest BCUT2D eigenvalue weighted by molar-refractivity contribution is 0.625. The van der Waals surface area contributed by atoms with Crippen molar-refractivity contribution in [3.63, 3.8) is 0 Å². The summed E-state index contributed by atoms with van der Waals surface area (Å²) >= 11 is 5.81. The van der Waals surface area contributed by atoms with Gasteiger partial charge < -0.3 is 0 Å². The van der Waals surface area contributed by atoms with Crippen LogP contribution in [0, 0.1) is 12.3 Å². The number of halogens is 1. The molecule has 1 radical (unpaired) electrons. The second-order valence-corrected chi connectivity index (χ2v) is 2.74. The van der Waals surface area contributed by atoms with Crippen molar-refractivity contribution in [2.24, 2.45) is 5.92 Å². The quantitative estimate of drug-likeness (QED) is 0.427. The third-order valence-electron chi connectivity index (χ3n) is 1.56. The maximum Gasteiger partial charge on any atom is 0.0393 e. The molecule has 0 spiro atoms.